The molecule has 4 rings (SSSR count). The van der Waals surface area contributed by atoms with Crippen LogP contribution in [0, 0.1) is 11.6 Å². The van der Waals surface area contributed by atoms with Crippen LogP contribution < -0.4 is 0 Å². The fourth-order valence-corrected chi connectivity index (χ4v) is 3.21. The molecule has 8 heteroatoms. The second-order valence-electron chi connectivity index (χ2n) is 8.22. The van der Waals surface area contributed by atoms with Crippen LogP contribution in [0.1, 0.15) is 24.0 Å². The third-order valence-electron chi connectivity index (χ3n) is 5.58. The molecule has 0 spiro atoms. The Balaban J connectivity index is 1.61. The molecule has 0 aliphatic heterocycles. The van der Waals surface area contributed by atoms with Crippen LogP contribution in [-0.2, 0) is 6.42 Å². The highest BCUT2D eigenvalue weighted by Crippen LogP contribution is 2.27. The summed E-state index contributed by atoms with van der Waals surface area (Å²) in [7, 11) is 4.32. The number of hydrogen-bond donors (Lipinski definition) is 2. The highest BCUT2D eigenvalue weighted by atomic mass is 19.1. The van der Waals surface area contributed by atoms with Gasteiger partial charge in [-0.3, -0.25) is 5.10 Å². The van der Waals surface area contributed by atoms with Crippen LogP contribution in [0.3, 0.4) is 0 Å². The van der Waals surface area contributed by atoms with E-state index in [1.807, 2.05) is 12.2 Å². The van der Waals surface area contributed by atoms with Gasteiger partial charge in [-0.25, -0.2) is 8.78 Å². The Bertz CT molecular complexity index is 1220. The molecular weight excluding hydrogens is 398 g/mol. The maximum Gasteiger partial charge on any atom is 0.164 e. The van der Waals surface area contributed by atoms with Gasteiger partial charge in [-0.2, -0.15) is 5.10 Å². The Kier molecular flexibility index (Phi) is 5.65. The Morgan fingerprint density at radius 3 is 2.55 bits per heavy atom. The van der Waals surface area contributed by atoms with E-state index >= 15 is 0 Å². The Hall–Kier alpha value is -3.39. The number of aromatic amines is 2. The molecule has 4 aromatic rings. The Morgan fingerprint density at radius 1 is 1.03 bits per heavy atom. The van der Waals surface area contributed by atoms with E-state index in [9.17, 15) is 8.78 Å². The van der Waals surface area contributed by atoms with E-state index in [0.29, 0.717) is 22.6 Å². The molecule has 0 fully saturated rings. The van der Waals surface area contributed by atoms with Crippen LogP contribution in [0.4, 0.5) is 8.78 Å². The Labute approximate surface area is 179 Å². The number of benzene rings is 2. The monoisotopic (exact) mass is 423 g/mol. The molecule has 0 aliphatic rings. The Morgan fingerprint density at radius 2 is 1.81 bits per heavy atom. The molecule has 0 unspecified atom stereocenters. The second-order valence-corrected chi connectivity index (χ2v) is 8.22. The minimum absolute atomic E-state index is 0.286. The van der Waals surface area contributed by atoms with Crippen molar-refractivity contribution >= 4 is 23.1 Å². The van der Waals surface area contributed by atoms with E-state index in [1.54, 1.807) is 18.2 Å². The van der Waals surface area contributed by atoms with Crippen molar-refractivity contribution in [2.45, 2.75) is 13.3 Å². The van der Waals surface area contributed by atoms with Crippen molar-refractivity contribution in [2.24, 2.45) is 0 Å². The van der Waals surface area contributed by atoms with Crippen molar-refractivity contribution < 1.29 is 13.3 Å². The summed E-state index contributed by atoms with van der Waals surface area (Å²) in [5.74, 6) is 0.437. The van der Waals surface area contributed by atoms with E-state index < -0.39 is 5.82 Å². The summed E-state index contributed by atoms with van der Waals surface area (Å²) in [5.41, 5.74) is 2.42. The van der Waals surface area contributed by atoms with Crippen LogP contribution in [0.2, 0.25) is 0 Å². The molecule has 31 heavy (non-hydrogen) atoms. The lowest BCUT2D eigenvalue weighted by Gasteiger charge is -2.27. The largest absolute Gasteiger partial charge is 0.328 e. The third kappa shape index (κ3) is 4.69. The lowest BCUT2D eigenvalue weighted by Crippen LogP contribution is -2.40. The first-order valence-corrected chi connectivity index (χ1v) is 10.2. The molecule has 0 radical (unpaired) electrons. The van der Waals surface area contributed by atoms with E-state index in [1.165, 1.54) is 18.2 Å². The summed E-state index contributed by atoms with van der Waals surface area (Å²) in [6.07, 6.45) is 4.37. The molecule has 0 atom stereocenters. The number of hydrogen-bond acceptors (Lipinski definition) is 3. The number of halogens is 2. The van der Waals surface area contributed by atoms with Crippen molar-refractivity contribution in [3.63, 3.8) is 0 Å². The molecule has 0 bridgehead atoms. The van der Waals surface area contributed by atoms with Gasteiger partial charge in [0.25, 0.3) is 0 Å². The lowest BCUT2D eigenvalue weighted by atomic mass is 10.1. The van der Waals surface area contributed by atoms with Crippen LogP contribution in [-0.4, -0.2) is 57.0 Å². The van der Waals surface area contributed by atoms with Gasteiger partial charge in [-0.1, -0.05) is 18.2 Å². The maximum atomic E-state index is 14.7. The SMILES string of the molecule is CC[N+](C)(C)CCc1nnc(-c2cc3c(/C=C/c4ccc(F)cc4)n[nH]c3cc2F)[nH]1. The van der Waals surface area contributed by atoms with Crippen LogP contribution in [0.15, 0.2) is 36.4 Å². The van der Waals surface area contributed by atoms with Gasteiger partial charge in [0.2, 0.25) is 0 Å². The van der Waals surface area contributed by atoms with E-state index in [-0.39, 0.29) is 5.82 Å². The topological polar surface area (TPSA) is 70.2 Å². The van der Waals surface area contributed by atoms with Gasteiger partial charge in [-0.05, 0) is 36.8 Å². The predicted octanol–water partition coefficient (Wildman–Crippen LogP) is 4.44. The molecule has 0 amide bonds. The standard InChI is InChI=1S/C23H25F2N6/c1-4-31(2,3)12-11-22-26-23(30-29-22)17-13-18-20(27-28-21(18)14-19(17)25)10-7-15-5-8-16(24)9-6-15/h5-10,13-14H,4,11-12H2,1-3H3,(H,27,28)(H,26,29,30)/q+1/b10-7+. The van der Waals surface area contributed by atoms with Gasteiger partial charge in [0.05, 0.1) is 50.4 Å². The molecule has 2 N–H and O–H groups in total. The average Bonchev–Trinajstić information content (AvgIpc) is 3.38. The van der Waals surface area contributed by atoms with Gasteiger partial charge in [0.1, 0.15) is 17.5 Å². The third-order valence-corrected chi connectivity index (χ3v) is 5.58. The zero-order valence-corrected chi connectivity index (χ0v) is 17.8. The van der Waals surface area contributed by atoms with Crippen molar-refractivity contribution in [1.29, 1.82) is 0 Å². The lowest BCUT2D eigenvalue weighted by molar-refractivity contribution is -0.888. The zero-order valence-electron chi connectivity index (χ0n) is 17.8. The van der Waals surface area contributed by atoms with E-state index in [2.05, 4.69) is 46.4 Å². The maximum absolute atomic E-state index is 14.7. The van der Waals surface area contributed by atoms with Gasteiger partial charge in [0, 0.05) is 11.5 Å². The molecule has 0 saturated heterocycles. The molecule has 2 aromatic heterocycles. The van der Waals surface area contributed by atoms with Crippen molar-refractivity contribution in [1.82, 2.24) is 25.4 Å². The van der Waals surface area contributed by atoms with Crippen molar-refractivity contribution in [3.05, 3.63) is 65.1 Å². The van der Waals surface area contributed by atoms with Crippen molar-refractivity contribution in [3.8, 4) is 11.4 Å². The van der Waals surface area contributed by atoms with Crippen LogP contribution in [0.5, 0.6) is 0 Å². The smallest absolute Gasteiger partial charge is 0.164 e. The number of likely N-dealkylation sites (N-methyl/N-ethyl adjacent to an activating group) is 1. The summed E-state index contributed by atoms with van der Waals surface area (Å²) in [6, 6.07) is 9.29. The van der Waals surface area contributed by atoms with Gasteiger partial charge in [0.15, 0.2) is 5.82 Å². The first kappa shape index (κ1) is 20.9. The summed E-state index contributed by atoms with van der Waals surface area (Å²) in [5, 5.41) is 16.2. The molecule has 6 nitrogen and oxygen atoms in total. The van der Waals surface area contributed by atoms with Crippen LogP contribution in [0.25, 0.3) is 34.4 Å². The summed E-state index contributed by atoms with van der Waals surface area (Å²) in [6.45, 7) is 4.07. The summed E-state index contributed by atoms with van der Waals surface area (Å²) in [4.78, 5) is 3.15. The number of fused-ring (bicyclic) bond motifs is 1. The molecule has 2 heterocycles. The summed E-state index contributed by atoms with van der Waals surface area (Å²) >= 11 is 0. The molecule has 2 aromatic carbocycles. The number of nitrogens with one attached hydrogen (secondary N) is 2. The zero-order chi connectivity index (χ0) is 22.0. The van der Waals surface area contributed by atoms with E-state index in [0.717, 1.165) is 40.8 Å². The quantitative estimate of drug-likeness (QED) is 0.432. The summed E-state index contributed by atoms with van der Waals surface area (Å²) < 4.78 is 28.7. The minimum atomic E-state index is -0.405. The first-order valence-electron chi connectivity index (χ1n) is 10.2. The highest BCUT2D eigenvalue weighted by Gasteiger charge is 2.17. The normalized spacial score (nSPS) is 12.3. The fraction of sp³-hybridized carbons (Fsp3) is 0.261. The number of rotatable bonds is 7. The number of quaternary nitrogens is 1. The van der Waals surface area contributed by atoms with Gasteiger partial charge in [-0.15, -0.1) is 10.2 Å². The van der Waals surface area contributed by atoms with Gasteiger partial charge >= 0.3 is 0 Å². The predicted molar refractivity (Wildman–Crippen MR) is 118 cm³/mol. The van der Waals surface area contributed by atoms with E-state index in [4.69, 9.17) is 0 Å². The number of H-pyrrole nitrogens is 2. The molecular formula is C23H25F2N6+. The number of nitrogens with zero attached hydrogens (tertiary/aromatic N) is 4. The highest BCUT2D eigenvalue weighted by molar-refractivity contribution is 5.92. The molecule has 160 valence electrons. The first-order chi connectivity index (χ1) is 14.8. The molecule has 0 saturated carbocycles. The van der Waals surface area contributed by atoms with Crippen molar-refractivity contribution in [2.75, 3.05) is 27.2 Å². The molecule has 0 aliphatic carbocycles. The fourth-order valence-electron chi connectivity index (χ4n) is 3.21. The number of aromatic nitrogens is 5. The van der Waals surface area contributed by atoms with Crippen LogP contribution >= 0.6 is 0 Å². The minimum Gasteiger partial charge on any atom is -0.328 e. The van der Waals surface area contributed by atoms with Gasteiger partial charge < -0.3 is 9.47 Å². The second kappa shape index (κ2) is 8.39. The average molecular weight is 423 g/mol.